The van der Waals surface area contributed by atoms with Crippen molar-refractivity contribution < 1.29 is 23.6 Å². The molecule has 4 amide bonds. The summed E-state index contributed by atoms with van der Waals surface area (Å²) in [4.78, 5) is 54.9. The van der Waals surface area contributed by atoms with Gasteiger partial charge in [0.05, 0.1) is 6.07 Å². The van der Waals surface area contributed by atoms with Crippen LogP contribution in [0.3, 0.4) is 0 Å². The molecule has 0 spiro atoms. The molecule has 1 aliphatic carbocycles. The minimum Gasteiger partial charge on any atom is -0.456 e. The highest BCUT2D eigenvalue weighted by Gasteiger charge is 2.25. The average Bonchev–Trinajstić information content (AvgIpc) is 3.43. The molecular weight excluding hydrogens is 618 g/mol. The lowest BCUT2D eigenvalue weighted by Crippen LogP contribution is -2.38. The Hall–Kier alpha value is -5.25. The summed E-state index contributed by atoms with van der Waals surface area (Å²) in [6.45, 7) is 12.7. The van der Waals surface area contributed by atoms with Crippen LogP contribution < -0.4 is 20.1 Å². The molecule has 10 heteroatoms. The third kappa shape index (κ3) is 7.58. The van der Waals surface area contributed by atoms with Crippen molar-refractivity contribution in [1.82, 2.24) is 19.7 Å². The Balaban J connectivity index is 1.42. The lowest BCUT2D eigenvalue weighted by atomic mass is 9.90. The number of nitrogens with zero attached hydrogens (tertiary/aromatic N) is 4. The van der Waals surface area contributed by atoms with Gasteiger partial charge < -0.3 is 19.5 Å². The molecule has 0 saturated carbocycles. The summed E-state index contributed by atoms with van der Waals surface area (Å²) in [7, 11) is 1.75. The maximum Gasteiger partial charge on any atom is 0.254 e. The first-order valence-electron chi connectivity index (χ1n) is 17.2. The van der Waals surface area contributed by atoms with Crippen LogP contribution in [0, 0.1) is 0 Å². The highest BCUT2D eigenvalue weighted by atomic mass is 16.3. The van der Waals surface area contributed by atoms with Crippen LogP contribution in [0.5, 0.6) is 0 Å². The molecule has 1 N–H and O–H groups in total. The van der Waals surface area contributed by atoms with Crippen LogP contribution in [0.15, 0.2) is 77.2 Å². The zero-order chi connectivity index (χ0) is 35.1. The fraction of sp³-hybridized carbons (Fsp3) is 0.359. The predicted molar refractivity (Wildman–Crippen MR) is 193 cm³/mol. The smallest absolute Gasteiger partial charge is 0.254 e. The molecule has 2 aromatic carbocycles. The Bertz CT molecular complexity index is 1920. The van der Waals surface area contributed by atoms with Crippen LogP contribution >= 0.6 is 0 Å². The Morgan fingerprint density at radius 2 is 1.59 bits per heavy atom. The van der Waals surface area contributed by atoms with Gasteiger partial charge in [-0.2, -0.15) is 0 Å². The summed E-state index contributed by atoms with van der Waals surface area (Å²) in [5.41, 5.74) is 5.07. The average molecular weight is 665 g/mol. The molecule has 0 unspecified atom stereocenters. The van der Waals surface area contributed by atoms with Crippen molar-refractivity contribution in [3.63, 3.8) is 0 Å². The number of imide groups is 1. The lowest BCUT2D eigenvalue weighted by molar-refractivity contribution is -0.137. The van der Waals surface area contributed by atoms with Crippen molar-refractivity contribution in [3.05, 3.63) is 83.7 Å². The van der Waals surface area contributed by atoms with Crippen LogP contribution in [-0.2, 0) is 14.4 Å². The van der Waals surface area contributed by atoms with E-state index in [0.29, 0.717) is 18.5 Å². The highest BCUT2D eigenvalue weighted by molar-refractivity contribution is 6.13. The summed E-state index contributed by atoms with van der Waals surface area (Å²) in [5, 5.41) is 4.76. The molecular formula is C39H46N5O5+. The van der Waals surface area contributed by atoms with E-state index in [-0.39, 0.29) is 43.1 Å². The number of nitrogens with one attached hydrogen (secondary N) is 1. The minimum atomic E-state index is -0.376. The largest absolute Gasteiger partial charge is 0.456 e. The number of anilines is 1. The number of hydrogen-bond acceptors (Lipinski definition) is 6. The third-order valence-electron chi connectivity index (χ3n) is 9.18. The van der Waals surface area contributed by atoms with Crippen LogP contribution in [0.2, 0.25) is 0 Å². The number of benzene rings is 3. The first-order chi connectivity index (χ1) is 23.7. The van der Waals surface area contributed by atoms with Crippen molar-refractivity contribution in [2.24, 2.45) is 0 Å². The molecule has 49 heavy (non-hydrogen) atoms. The topological polar surface area (TPSA) is 106 Å². The molecule has 0 aromatic heterocycles. The lowest BCUT2D eigenvalue weighted by Gasteiger charge is -2.23. The minimum absolute atomic E-state index is 0.120. The second kappa shape index (κ2) is 15.8. The van der Waals surface area contributed by atoms with E-state index in [2.05, 4.69) is 78.9 Å². The van der Waals surface area contributed by atoms with E-state index >= 15 is 0 Å². The molecule has 0 atom stereocenters. The van der Waals surface area contributed by atoms with E-state index in [1.165, 1.54) is 12.2 Å². The summed E-state index contributed by atoms with van der Waals surface area (Å²) in [6.07, 6.45) is 3.11. The van der Waals surface area contributed by atoms with Gasteiger partial charge in [-0.15, -0.1) is 0 Å². The van der Waals surface area contributed by atoms with Gasteiger partial charge >= 0.3 is 0 Å². The number of rotatable bonds is 14. The zero-order valence-corrected chi connectivity index (χ0v) is 29.1. The van der Waals surface area contributed by atoms with Crippen LogP contribution in [0.1, 0.15) is 50.9 Å². The normalized spacial score (nSPS) is 12.6. The second-order valence-corrected chi connectivity index (χ2v) is 12.1. The molecule has 3 aliphatic rings. The summed E-state index contributed by atoms with van der Waals surface area (Å²) in [6, 6.07) is 20.3. The number of carbonyl (C=O) groups excluding carboxylic acids is 4. The van der Waals surface area contributed by atoms with Gasteiger partial charge in [-0.3, -0.25) is 24.1 Å². The van der Waals surface area contributed by atoms with E-state index in [9.17, 15) is 19.2 Å². The predicted octanol–water partition coefficient (Wildman–Crippen LogP) is 4.76. The third-order valence-corrected chi connectivity index (χ3v) is 9.18. The molecule has 0 bridgehead atoms. The Labute approximate surface area is 287 Å². The van der Waals surface area contributed by atoms with Crippen molar-refractivity contribution in [2.45, 2.75) is 40.5 Å². The van der Waals surface area contributed by atoms with Gasteiger partial charge in [-0.05, 0) is 63.9 Å². The van der Waals surface area contributed by atoms with Crippen molar-refractivity contribution in [1.29, 1.82) is 0 Å². The Kier molecular flexibility index (Phi) is 11.3. The molecule has 5 rings (SSSR count). The molecule has 0 fully saturated rings. The van der Waals surface area contributed by atoms with Gasteiger partial charge in [0, 0.05) is 98.2 Å². The standard InChI is InChI=1S/C39H45N5O5/c1-6-42(7-2)27-16-18-31-33(25-27)49-34-26-28(43(8-3)9-4)17-19-32(34)38(31)29-13-10-11-14-30(29)39(48)41(5)23-12-15-35(45)40-22-24-44-36(46)20-21-37(44)47/h10-11,13-14,16-21,25-26H,6-9,12,15,22-24H2,1-5H3/p+1. The Morgan fingerprint density at radius 3 is 2.29 bits per heavy atom. The maximum atomic E-state index is 14.0. The van der Waals surface area contributed by atoms with Crippen LogP contribution in [0.25, 0.3) is 33.4 Å². The summed E-state index contributed by atoms with van der Waals surface area (Å²) in [5.74, 6) is -0.345. The van der Waals surface area contributed by atoms with Gasteiger partial charge in [0.2, 0.25) is 11.3 Å². The molecule has 0 saturated heterocycles. The molecule has 2 aliphatic heterocycles. The molecule has 10 nitrogen and oxygen atoms in total. The van der Waals surface area contributed by atoms with Crippen LogP contribution in [-0.4, -0.2) is 86.3 Å². The molecule has 2 heterocycles. The van der Waals surface area contributed by atoms with E-state index in [1.54, 1.807) is 11.9 Å². The van der Waals surface area contributed by atoms with Gasteiger partial charge in [-0.1, -0.05) is 18.2 Å². The fourth-order valence-corrected chi connectivity index (χ4v) is 6.45. The summed E-state index contributed by atoms with van der Waals surface area (Å²) >= 11 is 0. The number of amides is 4. The highest BCUT2D eigenvalue weighted by Crippen LogP contribution is 2.42. The molecule has 2 aromatic rings. The van der Waals surface area contributed by atoms with Gasteiger partial charge in [-0.25, -0.2) is 4.58 Å². The van der Waals surface area contributed by atoms with Crippen molar-refractivity contribution in [2.75, 3.05) is 57.8 Å². The first-order valence-corrected chi connectivity index (χ1v) is 17.2. The summed E-state index contributed by atoms with van der Waals surface area (Å²) < 4.78 is 8.92. The monoisotopic (exact) mass is 664 g/mol. The van der Waals surface area contributed by atoms with Crippen LogP contribution in [0.4, 0.5) is 5.69 Å². The van der Waals surface area contributed by atoms with Gasteiger partial charge in [0.25, 0.3) is 17.7 Å². The number of fused-ring (bicyclic) bond motifs is 2. The first kappa shape index (κ1) is 35.1. The quantitative estimate of drug-likeness (QED) is 0.119. The van der Waals surface area contributed by atoms with Gasteiger partial charge in [0.15, 0.2) is 0 Å². The SMILES string of the molecule is CCN(CC)c1ccc2c(-c3ccccc3C(=O)N(C)CCCC(=O)NCCN3C(=O)C=CC3=O)c3ccc(=[N+](CC)CC)cc-3oc2c1. The maximum absolute atomic E-state index is 14.0. The second-order valence-electron chi connectivity index (χ2n) is 12.1. The van der Waals surface area contributed by atoms with Crippen molar-refractivity contribution in [3.8, 4) is 22.5 Å². The zero-order valence-electron chi connectivity index (χ0n) is 29.1. The Morgan fingerprint density at radius 1 is 0.878 bits per heavy atom. The molecule has 256 valence electrons. The van der Waals surface area contributed by atoms with E-state index < -0.39 is 0 Å². The van der Waals surface area contributed by atoms with Crippen molar-refractivity contribution >= 4 is 40.3 Å². The van der Waals surface area contributed by atoms with E-state index in [0.717, 1.165) is 75.5 Å². The number of hydrogen-bond donors (Lipinski definition) is 1. The van der Waals surface area contributed by atoms with E-state index in [4.69, 9.17) is 4.42 Å². The van der Waals surface area contributed by atoms with E-state index in [1.807, 2.05) is 24.3 Å². The fourth-order valence-electron chi connectivity index (χ4n) is 6.45. The van der Waals surface area contributed by atoms with Gasteiger partial charge in [0.1, 0.15) is 24.4 Å². The number of carbonyl (C=O) groups is 4. The molecule has 0 radical (unpaired) electrons.